The van der Waals surface area contributed by atoms with Gasteiger partial charge in [0.1, 0.15) is 0 Å². The van der Waals surface area contributed by atoms with Gasteiger partial charge in [0.05, 0.1) is 11.3 Å². The number of hydrogen-bond donors (Lipinski definition) is 2. The van der Waals surface area contributed by atoms with E-state index in [0.29, 0.717) is 11.8 Å². The Morgan fingerprint density at radius 2 is 2.05 bits per heavy atom. The minimum Gasteiger partial charge on any atom is -0.389 e. The number of nitrogens with zero attached hydrogens (tertiary/aromatic N) is 3. The van der Waals surface area contributed by atoms with Gasteiger partial charge in [0, 0.05) is 38.0 Å². The molecular weight excluding hydrogens is 264 g/mol. The summed E-state index contributed by atoms with van der Waals surface area (Å²) in [7, 11) is 0. The van der Waals surface area contributed by atoms with Crippen LogP contribution in [0, 0.1) is 5.92 Å². The quantitative estimate of drug-likeness (QED) is 0.826. The third kappa shape index (κ3) is 2.90. The molecule has 0 radical (unpaired) electrons. The Bertz CT molecular complexity index is 490. The van der Waals surface area contributed by atoms with Crippen LogP contribution in [0.5, 0.6) is 0 Å². The molecule has 2 heterocycles. The predicted molar refractivity (Wildman–Crippen MR) is 81.4 cm³/mol. The minimum absolute atomic E-state index is 0.409. The van der Waals surface area contributed by atoms with Crippen molar-refractivity contribution in [1.82, 2.24) is 15.5 Å². The standard InChI is InChI=1S/C16H24N4O/c21-16(6-1-7-16)11-17-8-12-9-20(10-12)15-5-4-14(18-19-15)13-2-3-13/h4-5,12-13,17,21H,1-3,6-11H2. The molecule has 0 amide bonds. The molecule has 2 saturated carbocycles. The van der Waals surface area contributed by atoms with Crippen LogP contribution in [-0.4, -0.2) is 47.1 Å². The molecule has 21 heavy (non-hydrogen) atoms. The van der Waals surface area contributed by atoms with Gasteiger partial charge in [-0.3, -0.25) is 0 Å². The highest BCUT2D eigenvalue weighted by Crippen LogP contribution is 2.39. The molecule has 0 spiro atoms. The average Bonchev–Trinajstić information content (AvgIpc) is 3.24. The number of hydrogen-bond acceptors (Lipinski definition) is 5. The van der Waals surface area contributed by atoms with Crippen LogP contribution in [0.3, 0.4) is 0 Å². The Morgan fingerprint density at radius 3 is 2.62 bits per heavy atom. The number of anilines is 1. The molecule has 2 N–H and O–H groups in total. The first-order chi connectivity index (χ1) is 10.2. The first kappa shape index (κ1) is 13.5. The zero-order chi connectivity index (χ0) is 14.3. The van der Waals surface area contributed by atoms with Crippen LogP contribution >= 0.6 is 0 Å². The Labute approximate surface area is 125 Å². The zero-order valence-corrected chi connectivity index (χ0v) is 12.5. The lowest BCUT2D eigenvalue weighted by Gasteiger charge is -2.41. The third-order valence-corrected chi connectivity index (χ3v) is 5.12. The van der Waals surface area contributed by atoms with Crippen molar-refractivity contribution in [1.29, 1.82) is 0 Å². The van der Waals surface area contributed by atoms with E-state index in [9.17, 15) is 5.11 Å². The van der Waals surface area contributed by atoms with E-state index < -0.39 is 5.60 Å². The summed E-state index contributed by atoms with van der Waals surface area (Å²) >= 11 is 0. The molecule has 5 nitrogen and oxygen atoms in total. The maximum Gasteiger partial charge on any atom is 0.151 e. The number of aromatic nitrogens is 2. The van der Waals surface area contributed by atoms with Gasteiger partial charge in [-0.25, -0.2) is 0 Å². The molecule has 1 aromatic heterocycles. The van der Waals surface area contributed by atoms with Crippen LogP contribution in [-0.2, 0) is 0 Å². The van der Waals surface area contributed by atoms with E-state index in [0.717, 1.165) is 50.5 Å². The first-order valence-electron chi connectivity index (χ1n) is 8.24. The molecule has 1 aliphatic heterocycles. The highest BCUT2D eigenvalue weighted by atomic mass is 16.3. The van der Waals surface area contributed by atoms with Crippen LogP contribution in [0.4, 0.5) is 5.82 Å². The van der Waals surface area contributed by atoms with E-state index >= 15 is 0 Å². The fourth-order valence-corrected chi connectivity index (χ4v) is 3.26. The van der Waals surface area contributed by atoms with Crippen LogP contribution in [0.25, 0.3) is 0 Å². The summed E-state index contributed by atoms with van der Waals surface area (Å²) in [5.41, 5.74) is 0.749. The maximum absolute atomic E-state index is 10.0. The summed E-state index contributed by atoms with van der Waals surface area (Å²) in [6, 6.07) is 4.25. The van der Waals surface area contributed by atoms with Gasteiger partial charge in [0.15, 0.2) is 5.82 Å². The van der Waals surface area contributed by atoms with Crippen molar-refractivity contribution >= 4 is 5.82 Å². The number of aliphatic hydroxyl groups is 1. The van der Waals surface area contributed by atoms with Gasteiger partial charge in [-0.15, -0.1) is 5.10 Å². The summed E-state index contributed by atoms with van der Waals surface area (Å²) in [5.74, 6) is 2.35. The monoisotopic (exact) mass is 288 g/mol. The van der Waals surface area contributed by atoms with E-state index in [1.807, 2.05) is 0 Å². The van der Waals surface area contributed by atoms with Gasteiger partial charge < -0.3 is 15.3 Å². The SMILES string of the molecule is OC1(CNCC2CN(c3ccc(C4CC4)nn3)C2)CCC1. The van der Waals surface area contributed by atoms with Crippen LogP contribution in [0.15, 0.2) is 12.1 Å². The molecule has 2 aliphatic carbocycles. The molecule has 0 bridgehead atoms. The van der Waals surface area contributed by atoms with Crippen molar-refractivity contribution in [3.05, 3.63) is 17.8 Å². The summed E-state index contributed by atoms with van der Waals surface area (Å²) in [5, 5.41) is 22.1. The van der Waals surface area contributed by atoms with Crippen LogP contribution in [0.1, 0.15) is 43.7 Å². The molecule has 0 aromatic carbocycles. The Hall–Kier alpha value is -1.20. The molecule has 1 aromatic rings. The molecular formula is C16H24N4O. The molecule has 4 rings (SSSR count). The lowest BCUT2D eigenvalue weighted by Crippen LogP contribution is -2.54. The lowest BCUT2D eigenvalue weighted by atomic mass is 9.80. The molecule has 0 unspecified atom stereocenters. The Morgan fingerprint density at radius 1 is 1.24 bits per heavy atom. The van der Waals surface area contributed by atoms with Gasteiger partial charge in [0.2, 0.25) is 0 Å². The lowest BCUT2D eigenvalue weighted by molar-refractivity contribution is -0.0318. The fourth-order valence-electron chi connectivity index (χ4n) is 3.26. The summed E-state index contributed by atoms with van der Waals surface area (Å²) in [6.45, 7) is 3.83. The van der Waals surface area contributed by atoms with Crippen molar-refractivity contribution in [2.24, 2.45) is 5.92 Å². The maximum atomic E-state index is 10.0. The third-order valence-electron chi connectivity index (χ3n) is 5.12. The highest BCUT2D eigenvalue weighted by Gasteiger charge is 2.35. The van der Waals surface area contributed by atoms with Crippen molar-refractivity contribution in [3.8, 4) is 0 Å². The normalized spacial score (nSPS) is 24.5. The topological polar surface area (TPSA) is 61.3 Å². The summed E-state index contributed by atoms with van der Waals surface area (Å²) < 4.78 is 0. The summed E-state index contributed by atoms with van der Waals surface area (Å²) in [6.07, 6.45) is 5.64. The number of nitrogens with one attached hydrogen (secondary N) is 1. The van der Waals surface area contributed by atoms with Crippen LogP contribution in [0.2, 0.25) is 0 Å². The molecule has 114 valence electrons. The second-order valence-corrected chi connectivity index (χ2v) is 7.07. The van der Waals surface area contributed by atoms with E-state index in [4.69, 9.17) is 0 Å². The highest BCUT2D eigenvalue weighted by molar-refractivity contribution is 5.41. The minimum atomic E-state index is -0.409. The largest absolute Gasteiger partial charge is 0.389 e. The van der Waals surface area contributed by atoms with Crippen LogP contribution < -0.4 is 10.2 Å². The van der Waals surface area contributed by atoms with E-state index in [2.05, 4.69) is 32.5 Å². The van der Waals surface area contributed by atoms with Crippen molar-refractivity contribution in [2.45, 2.75) is 43.6 Å². The van der Waals surface area contributed by atoms with E-state index in [1.165, 1.54) is 19.3 Å². The fraction of sp³-hybridized carbons (Fsp3) is 0.750. The Kier molecular flexibility index (Phi) is 3.34. The summed E-state index contributed by atoms with van der Waals surface area (Å²) in [4.78, 5) is 2.29. The van der Waals surface area contributed by atoms with Gasteiger partial charge >= 0.3 is 0 Å². The average molecular weight is 288 g/mol. The Balaban J connectivity index is 1.19. The molecule has 3 fully saturated rings. The second kappa shape index (κ2) is 5.21. The van der Waals surface area contributed by atoms with E-state index in [-0.39, 0.29) is 0 Å². The van der Waals surface area contributed by atoms with Crippen molar-refractivity contribution in [3.63, 3.8) is 0 Å². The van der Waals surface area contributed by atoms with Crippen molar-refractivity contribution in [2.75, 3.05) is 31.1 Å². The zero-order valence-electron chi connectivity index (χ0n) is 12.5. The second-order valence-electron chi connectivity index (χ2n) is 7.07. The molecule has 0 atom stereocenters. The van der Waals surface area contributed by atoms with Gasteiger partial charge in [-0.1, -0.05) is 0 Å². The molecule has 3 aliphatic rings. The van der Waals surface area contributed by atoms with E-state index in [1.54, 1.807) is 0 Å². The van der Waals surface area contributed by atoms with Crippen molar-refractivity contribution < 1.29 is 5.11 Å². The first-order valence-corrected chi connectivity index (χ1v) is 8.24. The smallest absolute Gasteiger partial charge is 0.151 e. The molecule has 1 saturated heterocycles. The van der Waals surface area contributed by atoms with Gasteiger partial charge in [-0.2, -0.15) is 5.10 Å². The molecule has 5 heteroatoms. The van der Waals surface area contributed by atoms with Gasteiger partial charge in [0.25, 0.3) is 0 Å². The van der Waals surface area contributed by atoms with Gasteiger partial charge in [-0.05, 0) is 44.2 Å². The number of rotatable bonds is 6. The predicted octanol–water partition coefficient (Wildman–Crippen LogP) is 1.29.